The third kappa shape index (κ3) is 2.16. The van der Waals surface area contributed by atoms with Crippen LogP contribution in [-0.2, 0) is 0 Å². The topological polar surface area (TPSA) is 63.5 Å². The summed E-state index contributed by atoms with van der Waals surface area (Å²) in [5, 5.41) is 11.0. The molecule has 122 valence electrons. The molecule has 4 rings (SSSR count). The van der Waals surface area contributed by atoms with Crippen LogP contribution in [0.3, 0.4) is 0 Å². The van der Waals surface area contributed by atoms with Crippen LogP contribution in [0.25, 0.3) is 10.9 Å². The van der Waals surface area contributed by atoms with E-state index in [9.17, 15) is 10.1 Å². The average Bonchev–Trinajstić information content (AvgIpc) is 2.88. The predicted molar refractivity (Wildman–Crippen MR) is 92.2 cm³/mol. The third-order valence-corrected chi connectivity index (χ3v) is 5.10. The summed E-state index contributed by atoms with van der Waals surface area (Å²) in [7, 11) is 1.83. The van der Waals surface area contributed by atoms with Crippen LogP contribution in [0.1, 0.15) is 5.56 Å². The number of piperazine rings is 1. The number of urea groups is 1. The van der Waals surface area contributed by atoms with Gasteiger partial charge in [0.25, 0.3) is 0 Å². The summed E-state index contributed by atoms with van der Waals surface area (Å²) in [5.41, 5.74) is 2.11. The molecule has 0 N–H and O–H groups in total. The monoisotopic (exact) mass is 341 g/mol. The second kappa shape index (κ2) is 5.53. The predicted octanol–water partition coefficient (Wildman–Crippen LogP) is 2.32. The van der Waals surface area contributed by atoms with Crippen molar-refractivity contribution in [3.63, 3.8) is 0 Å². The maximum absolute atomic E-state index is 12.1. The van der Waals surface area contributed by atoms with Gasteiger partial charge in [-0.25, -0.2) is 4.79 Å². The molecule has 0 bridgehead atoms. The van der Waals surface area contributed by atoms with E-state index in [2.05, 4.69) is 16.0 Å². The molecule has 7 heteroatoms. The second-order valence-electron chi connectivity index (χ2n) is 6.22. The fourth-order valence-electron chi connectivity index (χ4n) is 3.68. The van der Waals surface area contributed by atoms with E-state index >= 15 is 0 Å². The molecule has 24 heavy (non-hydrogen) atoms. The molecule has 2 aliphatic heterocycles. The van der Waals surface area contributed by atoms with Crippen LogP contribution in [0.5, 0.6) is 0 Å². The molecular formula is C17H16ClN5O. The quantitative estimate of drug-likeness (QED) is 0.798. The van der Waals surface area contributed by atoms with Gasteiger partial charge in [-0.15, -0.1) is 0 Å². The highest BCUT2D eigenvalue weighted by molar-refractivity contribution is 6.35. The number of likely N-dealkylation sites (N-methyl/N-ethyl adjacent to an activating group) is 1. The van der Waals surface area contributed by atoms with Gasteiger partial charge in [-0.3, -0.25) is 4.98 Å². The first-order valence-corrected chi connectivity index (χ1v) is 8.22. The number of nitriles is 1. The molecule has 0 radical (unpaired) electrons. The summed E-state index contributed by atoms with van der Waals surface area (Å²) in [5.74, 6) is 0. The smallest absolute Gasteiger partial charge is 0.320 e. The molecule has 1 atom stereocenters. The van der Waals surface area contributed by atoms with Gasteiger partial charge in [-0.2, -0.15) is 5.26 Å². The maximum Gasteiger partial charge on any atom is 0.320 e. The Labute approximate surface area is 144 Å². The summed E-state index contributed by atoms with van der Waals surface area (Å²) in [6.45, 7) is 2.76. The Hall–Kier alpha value is -2.52. The van der Waals surface area contributed by atoms with Gasteiger partial charge in [0.1, 0.15) is 6.07 Å². The molecule has 2 aliphatic rings. The zero-order valence-electron chi connectivity index (χ0n) is 13.2. The van der Waals surface area contributed by atoms with Crippen LogP contribution < -0.4 is 4.90 Å². The highest BCUT2D eigenvalue weighted by atomic mass is 35.5. The molecular weight excluding hydrogens is 326 g/mol. The molecule has 2 amide bonds. The highest BCUT2D eigenvalue weighted by Gasteiger charge is 2.39. The number of amides is 2. The number of nitrogens with zero attached hydrogens (tertiary/aromatic N) is 5. The molecule has 2 fully saturated rings. The molecule has 3 heterocycles. The normalized spacial score (nSPS) is 20.5. The summed E-state index contributed by atoms with van der Waals surface area (Å²) >= 11 is 6.27. The van der Waals surface area contributed by atoms with Crippen LogP contribution >= 0.6 is 11.6 Å². The van der Waals surface area contributed by atoms with E-state index in [0.29, 0.717) is 42.3 Å². The number of para-hydroxylation sites is 1. The second-order valence-corrected chi connectivity index (χ2v) is 6.63. The van der Waals surface area contributed by atoms with E-state index < -0.39 is 0 Å². The molecule has 1 aromatic carbocycles. The minimum absolute atomic E-state index is 0.0859. The van der Waals surface area contributed by atoms with Gasteiger partial charge in [0.2, 0.25) is 0 Å². The van der Waals surface area contributed by atoms with E-state index in [1.807, 2.05) is 24.1 Å². The fourth-order valence-corrected chi connectivity index (χ4v) is 3.90. The molecule has 0 aliphatic carbocycles. The molecule has 2 saturated heterocycles. The zero-order chi connectivity index (χ0) is 16.8. The van der Waals surface area contributed by atoms with Crippen molar-refractivity contribution in [1.82, 2.24) is 14.8 Å². The zero-order valence-corrected chi connectivity index (χ0v) is 14.0. The maximum atomic E-state index is 12.1. The minimum Gasteiger partial charge on any atom is -0.366 e. The fraction of sp³-hybridized carbons (Fsp3) is 0.353. The summed E-state index contributed by atoms with van der Waals surface area (Å²) in [4.78, 5) is 22.3. The number of halogens is 1. The van der Waals surface area contributed by atoms with Crippen molar-refractivity contribution < 1.29 is 4.79 Å². The number of rotatable bonds is 1. The van der Waals surface area contributed by atoms with Crippen molar-refractivity contribution in [2.45, 2.75) is 6.04 Å². The van der Waals surface area contributed by atoms with Gasteiger partial charge in [-0.05, 0) is 6.07 Å². The number of hydrogen-bond acceptors (Lipinski definition) is 4. The van der Waals surface area contributed by atoms with E-state index in [0.717, 1.165) is 11.1 Å². The number of carbonyl (C=O) groups is 1. The van der Waals surface area contributed by atoms with Crippen LogP contribution in [0.15, 0.2) is 24.4 Å². The van der Waals surface area contributed by atoms with Gasteiger partial charge in [0.15, 0.2) is 0 Å². The number of anilines is 1. The lowest BCUT2D eigenvalue weighted by molar-refractivity contribution is 0.187. The van der Waals surface area contributed by atoms with Gasteiger partial charge in [-0.1, -0.05) is 23.7 Å². The molecule has 1 aromatic heterocycles. The lowest BCUT2D eigenvalue weighted by Crippen LogP contribution is -2.52. The van der Waals surface area contributed by atoms with Gasteiger partial charge in [0.05, 0.1) is 27.8 Å². The van der Waals surface area contributed by atoms with Crippen molar-refractivity contribution in [3.8, 4) is 6.07 Å². The number of fused-ring (bicyclic) bond motifs is 2. The van der Waals surface area contributed by atoms with Crippen molar-refractivity contribution in [1.29, 1.82) is 5.26 Å². The van der Waals surface area contributed by atoms with Gasteiger partial charge < -0.3 is 14.7 Å². The largest absolute Gasteiger partial charge is 0.366 e. The summed E-state index contributed by atoms with van der Waals surface area (Å²) in [6, 6.07) is 8.10. The van der Waals surface area contributed by atoms with Crippen LogP contribution in [-0.4, -0.2) is 60.1 Å². The van der Waals surface area contributed by atoms with Crippen molar-refractivity contribution >= 4 is 34.2 Å². The van der Waals surface area contributed by atoms with Gasteiger partial charge in [0, 0.05) is 44.8 Å². The summed E-state index contributed by atoms with van der Waals surface area (Å²) in [6.07, 6.45) is 1.59. The molecule has 1 unspecified atom stereocenters. The van der Waals surface area contributed by atoms with Crippen LogP contribution in [0.4, 0.5) is 10.5 Å². The number of pyridine rings is 1. The third-order valence-electron chi connectivity index (χ3n) is 4.80. The first-order chi connectivity index (χ1) is 11.6. The first kappa shape index (κ1) is 15.0. The molecule has 0 spiro atoms. The Morgan fingerprint density at radius 2 is 2.17 bits per heavy atom. The molecule has 0 saturated carbocycles. The summed E-state index contributed by atoms with van der Waals surface area (Å²) < 4.78 is 0. The Bertz CT molecular complexity index is 877. The standard InChI is InChI=1S/C17H16ClN5O/c1-21-9-12-10-22(5-6-23(12)17(21)24)16-11(7-19)8-20-15-13(16)3-2-4-14(15)18/h2-4,8,12H,5-6,9-10H2,1H3. The van der Waals surface area contributed by atoms with Crippen molar-refractivity contribution in [3.05, 3.63) is 35.0 Å². The molecule has 6 nitrogen and oxygen atoms in total. The van der Waals surface area contributed by atoms with E-state index in [-0.39, 0.29) is 12.1 Å². The van der Waals surface area contributed by atoms with Crippen molar-refractivity contribution in [2.75, 3.05) is 38.1 Å². The lowest BCUT2D eigenvalue weighted by Gasteiger charge is -2.38. The average molecular weight is 342 g/mol. The first-order valence-electron chi connectivity index (χ1n) is 7.84. The van der Waals surface area contributed by atoms with E-state index in [1.54, 1.807) is 17.2 Å². The number of benzene rings is 1. The van der Waals surface area contributed by atoms with E-state index in [1.165, 1.54) is 0 Å². The lowest BCUT2D eigenvalue weighted by atomic mass is 10.1. The number of aromatic nitrogens is 1. The van der Waals surface area contributed by atoms with E-state index in [4.69, 9.17) is 11.6 Å². The Kier molecular flexibility index (Phi) is 3.47. The van der Waals surface area contributed by atoms with Gasteiger partial charge >= 0.3 is 6.03 Å². The Balaban J connectivity index is 1.78. The van der Waals surface area contributed by atoms with Crippen LogP contribution in [0.2, 0.25) is 5.02 Å². The van der Waals surface area contributed by atoms with Crippen molar-refractivity contribution in [2.24, 2.45) is 0 Å². The molecule has 2 aromatic rings. The number of carbonyl (C=O) groups excluding carboxylic acids is 1. The SMILES string of the molecule is CN1CC2CN(c3c(C#N)cnc4c(Cl)cccc34)CCN2C1=O. The highest BCUT2D eigenvalue weighted by Crippen LogP contribution is 2.34. The minimum atomic E-state index is 0.0859. The van der Waals surface area contributed by atoms with Crippen LogP contribution in [0, 0.1) is 11.3 Å². The number of hydrogen-bond donors (Lipinski definition) is 0. The Morgan fingerprint density at radius 1 is 1.33 bits per heavy atom. The Morgan fingerprint density at radius 3 is 2.96 bits per heavy atom.